The lowest BCUT2D eigenvalue weighted by Gasteiger charge is -2.26. The van der Waals surface area contributed by atoms with Gasteiger partial charge in [-0.3, -0.25) is 4.90 Å². The Morgan fingerprint density at radius 3 is 2.67 bits per heavy atom. The van der Waals surface area contributed by atoms with Crippen LogP contribution in [0, 0.1) is 0 Å². The first kappa shape index (κ1) is 13.5. The molecule has 0 aliphatic carbocycles. The molecule has 1 aromatic carbocycles. The second kappa shape index (κ2) is 7.48. The maximum absolute atomic E-state index is 9.77. The van der Waals surface area contributed by atoms with E-state index in [0.717, 1.165) is 38.4 Å². The van der Waals surface area contributed by atoms with Crippen LogP contribution in [0.25, 0.3) is 0 Å². The summed E-state index contributed by atoms with van der Waals surface area (Å²) in [5, 5.41) is 9.77. The number of hydrogen-bond donors (Lipinski definition) is 1. The van der Waals surface area contributed by atoms with E-state index in [-0.39, 0.29) is 0 Å². The molecule has 4 heteroatoms. The van der Waals surface area contributed by atoms with Crippen molar-refractivity contribution < 1.29 is 14.6 Å². The van der Waals surface area contributed by atoms with Gasteiger partial charge in [0.2, 0.25) is 0 Å². The molecular weight excluding hydrogens is 230 g/mol. The Bertz CT molecular complexity index is 325. The van der Waals surface area contributed by atoms with Gasteiger partial charge < -0.3 is 14.6 Å². The number of aliphatic hydroxyl groups excluding tert-OH is 1. The number of aliphatic hydroxyl groups is 1. The first-order valence-electron chi connectivity index (χ1n) is 6.48. The van der Waals surface area contributed by atoms with Gasteiger partial charge in [-0.1, -0.05) is 30.3 Å². The molecule has 1 atom stereocenters. The minimum atomic E-state index is -0.714. The monoisotopic (exact) mass is 251 g/mol. The highest BCUT2D eigenvalue weighted by Gasteiger charge is 2.11. The number of benzene rings is 1. The van der Waals surface area contributed by atoms with Gasteiger partial charge >= 0.3 is 0 Å². The molecule has 0 bridgehead atoms. The molecular formula is C14H21NO3. The van der Waals surface area contributed by atoms with Crippen molar-refractivity contribution >= 4 is 0 Å². The molecule has 1 fully saturated rings. The Morgan fingerprint density at radius 2 is 1.94 bits per heavy atom. The van der Waals surface area contributed by atoms with Crippen LogP contribution in [0.2, 0.25) is 0 Å². The van der Waals surface area contributed by atoms with E-state index < -0.39 is 6.29 Å². The summed E-state index contributed by atoms with van der Waals surface area (Å²) in [5.74, 6) is 0. The molecule has 18 heavy (non-hydrogen) atoms. The lowest BCUT2D eigenvalue weighted by atomic mass is 10.1. The molecule has 1 unspecified atom stereocenters. The summed E-state index contributed by atoms with van der Waals surface area (Å²) in [6.45, 7) is 4.93. The maximum atomic E-state index is 9.77. The van der Waals surface area contributed by atoms with E-state index in [1.54, 1.807) is 0 Å². The molecule has 0 saturated carbocycles. The van der Waals surface area contributed by atoms with Crippen LogP contribution in [-0.4, -0.2) is 55.8 Å². The summed E-state index contributed by atoms with van der Waals surface area (Å²) in [4.78, 5) is 2.29. The number of hydrogen-bond acceptors (Lipinski definition) is 4. The van der Waals surface area contributed by atoms with Crippen molar-refractivity contribution in [3.8, 4) is 0 Å². The van der Waals surface area contributed by atoms with E-state index in [9.17, 15) is 5.11 Å². The number of morpholine rings is 1. The van der Waals surface area contributed by atoms with Crippen molar-refractivity contribution in [2.45, 2.75) is 12.7 Å². The fraction of sp³-hybridized carbons (Fsp3) is 0.571. The summed E-state index contributed by atoms with van der Waals surface area (Å²) in [7, 11) is 0. The van der Waals surface area contributed by atoms with E-state index in [2.05, 4.69) is 4.90 Å². The zero-order valence-electron chi connectivity index (χ0n) is 10.6. The molecule has 4 nitrogen and oxygen atoms in total. The topological polar surface area (TPSA) is 41.9 Å². The minimum Gasteiger partial charge on any atom is -0.379 e. The van der Waals surface area contributed by atoms with Gasteiger partial charge in [0.1, 0.15) is 0 Å². The number of rotatable bonds is 6. The van der Waals surface area contributed by atoms with Crippen LogP contribution in [0.1, 0.15) is 5.56 Å². The fourth-order valence-electron chi connectivity index (χ4n) is 2.02. The van der Waals surface area contributed by atoms with Gasteiger partial charge in [0.15, 0.2) is 6.29 Å². The molecule has 100 valence electrons. The van der Waals surface area contributed by atoms with Gasteiger partial charge in [-0.2, -0.15) is 0 Å². The predicted molar refractivity (Wildman–Crippen MR) is 69.4 cm³/mol. The standard InChI is InChI=1S/C14H21NO3/c16-14(12-13-4-2-1-3-5-13)18-11-8-15-6-9-17-10-7-15/h1-5,14,16H,6-12H2. The van der Waals surface area contributed by atoms with E-state index in [0.29, 0.717) is 13.0 Å². The van der Waals surface area contributed by atoms with Crippen molar-refractivity contribution in [2.75, 3.05) is 39.5 Å². The van der Waals surface area contributed by atoms with E-state index >= 15 is 0 Å². The fourth-order valence-corrected chi connectivity index (χ4v) is 2.02. The molecule has 0 radical (unpaired) electrons. The summed E-state index contributed by atoms with van der Waals surface area (Å²) in [6.07, 6.45) is -0.169. The van der Waals surface area contributed by atoms with Crippen LogP contribution in [0.15, 0.2) is 30.3 Å². The Labute approximate surface area is 108 Å². The zero-order valence-corrected chi connectivity index (χ0v) is 10.6. The van der Waals surface area contributed by atoms with Crippen LogP contribution >= 0.6 is 0 Å². The molecule has 1 saturated heterocycles. The van der Waals surface area contributed by atoms with Crippen LogP contribution in [-0.2, 0) is 15.9 Å². The largest absolute Gasteiger partial charge is 0.379 e. The van der Waals surface area contributed by atoms with Crippen LogP contribution < -0.4 is 0 Å². The first-order chi connectivity index (χ1) is 8.84. The number of nitrogens with zero attached hydrogens (tertiary/aromatic N) is 1. The zero-order chi connectivity index (χ0) is 12.6. The molecule has 1 N–H and O–H groups in total. The predicted octanol–water partition coefficient (Wildman–Crippen LogP) is 0.896. The third-order valence-corrected chi connectivity index (χ3v) is 3.07. The van der Waals surface area contributed by atoms with Gasteiger partial charge in [-0.15, -0.1) is 0 Å². The SMILES string of the molecule is OC(Cc1ccccc1)OCCN1CCOCC1. The van der Waals surface area contributed by atoms with Crippen LogP contribution in [0.4, 0.5) is 0 Å². The summed E-state index contributed by atoms with van der Waals surface area (Å²) >= 11 is 0. The van der Waals surface area contributed by atoms with Crippen molar-refractivity contribution in [3.63, 3.8) is 0 Å². The van der Waals surface area contributed by atoms with Gasteiger partial charge in [-0.25, -0.2) is 0 Å². The third kappa shape index (κ3) is 4.74. The highest BCUT2D eigenvalue weighted by Crippen LogP contribution is 2.04. The van der Waals surface area contributed by atoms with Gasteiger partial charge in [0, 0.05) is 26.1 Å². The second-order valence-corrected chi connectivity index (χ2v) is 4.47. The highest BCUT2D eigenvalue weighted by atomic mass is 16.6. The minimum absolute atomic E-state index is 0.546. The van der Waals surface area contributed by atoms with Crippen molar-refractivity contribution in [1.29, 1.82) is 0 Å². The molecule has 1 aliphatic heterocycles. The Kier molecular flexibility index (Phi) is 5.61. The Hall–Kier alpha value is -0.940. The summed E-state index contributed by atoms with van der Waals surface area (Å²) < 4.78 is 10.7. The quantitative estimate of drug-likeness (QED) is 0.763. The molecule has 1 heterocycles. The summed E-state index contributed by atoms with van der Waals surface area (Å²) in [6, 6.07) is 9.89. The third-order valence-electron chi connectivity index (χ3n) is 3.07. The molecule has 0 spiro atoms. The molecule has 2 rings (SSSR count). The first-order valence-corrected chi connectivity index (χ1v) is 6.48. The molecule has 0 amide bonds. The maximum Gasteiger partial charge on any atom is 0.158 e. The Morgan fingerprint density at radius 1 is 1.22 bits per heavy atom. The molecule has 1 aliphatic rings. The van der Waals surface area contributed by atoms with Crippen molar-refractivity contribution in [2.24, 2.45) is 0 Å². The van der Waals surface area contributed by atoms with E-state index in [1.165, 1.54) is 0 Å². The smallest absolute Gasteiger partial charge is 0.158 e. The van der Waals surface area contributed by atoms with E-state index in [1.807, 2.05) is 30.3 Å². The summed E-state index contributed by atoms with van der Waals surface area (Å²) in [5.41, 5.74) is 1.09. The van der Waals surface area contributed by atoms with Crippen LogP contribution in [0.3, 0.4) is 0 Å². The average molecular weight is 251 g/mol. The van der Waals surface area contributed by atoms with Crippen molar-refractivity contribution in [1.82, 2.24) is 4.90 Å². The normalized spacial score (nSPS) is 18.7. The lowest BCUT2D eigenvalue weighted by Crippen LogP contribution is -2.38. The van der Waals surface area contributed by atoms with Crippen LogP contribution in [0.5, 0.6) is 0 Å². The van der Waals surface area contributed by atoms with Gasteiger partial charge in [0.25, 0.3) is 0 Å². The van der Waals surface area contributed by atoms with E-state index in [4.69, 9.17) is 9.47 Å². The van der Waals surface area contributed by atoms with Crippen molar-refractivity contribution in [3.05, 3.63) is 35.9 Å². The highest BCUT2D eigenvalue weighted by molar-refractivity contribution is 5.14. The molecule has 0 aromatic heterocycles. The molecule has 1 aromatic rings. The number of ether oxygens (including phenoxy) is 2. The van der Waals surface area contributed by atoms with Gasteiger partial charge in [0.05, 0.1) is 19.8 Å². The Balaban J connectivity index is 1.61. The average Bonchev–Trinajstić information content (AvgIpc) is 2.41. The lowest BCUT2D eigenvalue weighted by molar-refractivity contribution is -0.104. The second-order valence-electron chi connectivity index (χ2n) is 4.47. The van der Waals surface area contributed by atoms with Gasteiger partial charge in [-0.05, 0) is 5.56 Å².